The van der Waals surface area contributed by atoms with Gasteiger partial charge in [0.2, 0.25) is 5.76 Å². The Bertz CT molecular complexity index is 395. The van der Waals surface area contributed by atoms with Gasteiger partial charge in [-0.15, -0.1) is 0 Å². The predicted octanol–water partition coefficient (Wildman–Crippen LogP) is 2.94. The molecule has 1 fully saturated rings. The molecule has 0 aliphatic carbocycles. The van der Waals surface area contributed by atoms with Crippen LogP contribution in [0.3, 0.4) is 0 Å². The van der Waals surface area contributed by atoms with Crippen LogP contribution in [0.4, 0.5) is 13.2 Å². The second kappa shape index (κ2) is 5.30. The Labute approximate surface area is 104 Å². The first kappa shape index (κ1) is 13.4. The fourth-order valence-electron chi connectivity index (χ4n) is 2.26. The fraction of sp³-hybridized carbons (Fsp3) is 0.750. The molecule has 1 aliphatic heterocycles. The minimum absolute atomic E-state index is 0.00769. The zero-order chi connectivity index (χ0) is 13.2. The number of halogens is 3. The maximum Gasteiger partial charge on any atom is 0.451 e. The smallest absolute Gasteiger partial charge is 0.436 e. The average molecular weight is 262 g/mol. The number of piperidine rings is 1. The van der Waals surface area contributed by atoms with Gasteiger partial charge in [0.15, 0.2) is 5.89 Å². The molecule has 102 valence electrons. The standard InChI is InChI=1S/C12H17F3N2O/c1-2-9-11(12(13,14)15)18-10(17-9)7-8-5-3-4-6-16-8/h8,16H,2-7H2,1H3. The van der Waals surface area contributed by atoms with Crippen molar-refractivity contribution in [2.75, 3.05) is 6.54 Å². The number of aryl methyl sites for hydroxylation is 1. The molecule has 2 rings (SSSR count). The number of oxazole rings is 1. The Kier molecular flexibility index (Phi) is 3.94. The van der Waals surface area contributed by atoms with Gasteiger partial charge < -0.3 is 9.73 Å². The van der Waals surface area contributed by atoms with Crippen LogP contribution in [0.25, 0.3) is 0 Å². The van der Waals surface area contributed by atoms with E-state index in [1.54, 1.807) is 6.92 Å². The van der Waals surface area contributed by atoms with E-state index in [2.05, 4.69) is 10.3 Å². The maximum absolute atomic E-state index is 12.7. The average Bonchev–Trinajstić information content (AvgIpc) is 2.73. The molecule has 0 amide bonds. The molecule has 1 aromatic rings. The lowest BCUT2D eigenvalue weighted by atomic mass is 10.0. The normalized spacial score (nSPS) is 21.2. The predicted molar refractivity (Wildman–Crippen MR) is 60.2 cm³/mol. The van der Waals surface area contributed by atoms with Crippen LogP contribution in [0.5, 0.6) is 0 Å². The highest BCUT2D eigenvalue weighted by Gasteiger charge is 2.39. The van der Waals surface area contributed by atoms with Crippen molar-refractivity contribution < 1.29 is 17.6 Å². The molecule has 0 spiro atoms. The SMILES string of the molecule is CCc1nc(CC2CCCCN2)oc1C(F)(F)F. The van der Waals surface area contributed by atoms with Crippen molar-refractivity contribution in [3.63, 3.8) is 0 Å². The van der Waals surface area contributed by atoms with Gasteiger partial charge in [0.05, 0.1) is 5.69 Å². The van der Waals surface area contributed by atoms with E-state index in [1.165, 1.54) is 0 Å². The summed E-state index contributed by atoms with van der Waals surface area (Å²) in [7, 11) is 0. The topological polar surface area (TPSA) is 38.1 Å². The summed E-state index contributed by atoms with van der Waals surface area (Å²) in [5.74, 6) is -0.741. The third-order valence-corrected chi connectivity index (χ3v) is 3.17. The Morgan fingerprint density at radius 3 is 2.67 bits per heavy atom. The Hall–Kier alpha value is -1.04. The molecule has 0 aromatic carbocycles. The van der Waals surface area contributed by atoms with Crippen LogP contribution in [0, 0.1) is 0 Å². The molecule has 0 radical (unpaired) electrons. The zero-order valence-electron chi connectivity index (χ0n) is 10.3. The van der Waals surface area contributed by atoms with E-state index in [0.29, 0.717) is 6.42 Å². The highest BCUT2D eigenvalue weighted by atomic mass is 19.4. The molecule has 3 nitrogen and oxygen atoms in total. The van der Waals surface area contributed by atoms with Gasteiger partial charge >= 0.3 is 6.18 Å². The molecule has 18 heavy (non-hydrogen) atoms. The highest BCUT2D eigenvalue weighted by Crippen LogP contribution is 2.33. The lowest BCUT2D eigenvalue weighted by molar-refractivity contribution is -0.154. The Morgan fingerprint density at radius 2 is 2.17 bits per heavy atom. The number of rotatable bonds is 3. The van der Waals surface area contributed by atoms with Crippen molar-refractivity contribution in [3.05, 3.63) is 17.3 Å². The van der Waals surface area contributed by atoms with Gasteiger partial charge in [-0.1, -0.05) is 13.3 Å². The summed E-state index contributed by atoms with van der Waals surface area (Å²) in [5, 5.41) is 3.27. The molecule has 0 bridgehead atoms. The van der Waals surface area contributed by atoms with Crippen LogP contribution in [0.1, 0.15) is 43.5 Å². The van der Waals surface area contributed by atoms with E-state index in [4.69, 9.17) is 4.42 Å². The molecule has 1 saturated heterocycles. The molecule has 1 unspecified atom stereocenters. The third kappa shape index (κ3) is 3.04. The molecular weight excluding hydrogens is 245 g/mol. The van der Waals surface area contributed by atoms with Gasteiger partial charge in [-0.05, 0) is 25.8 Å². The minimum Gasteiger partial charge on any atom is -0.436 e. The van der Waals surface area contributed by atoms with Crippen LogP contribution >= 0.6 is 0 Å². The maximum atomic E-state index is 12.7. The summed E-state index contributed by atoms with van der Waals surface area (Å²) in [5.41, 5.74) is 0.00769. The molecule has 1 N–H and O–H groups in total. The summed E-state index contributed by atoms with van der Waals surface area (Å²) < 4.78 is 42.9. The van der Waals surface area contributed by atoms with Gasteiger partial charge in [0.25, 0.3) is 0 Å². The molecule has 0 saturated carbocycles. The molecular formula is C12H17F3N2O. The first-order valence-corrected chi connectivity index (χ1v) is 6.30. The van der Waals surface area contributed by atoms with Crippen molar-refractivity contribution >= 4 is 0 Å². The monoisotopic (exact) mass is 262 g/mol. The van der Waals surface area contributed by atoms with Gasteiger partial charge in [-0.25, -0.2) is 4.98 Å². The second-order valence-electron chi connectivity index (χ2n) is 4.59. The third-order valence-electron chi connectivity index (χ3n) is 3.17. The van der Waals surface area contributed by atoms with Gasteiger partial charge in [-0.3, -0.25) is 0 Å². The Morgan fingerprint density at radius 1 is 1.39 bits per heavy atom. The lowest BCUT2D eigenvalue weighted by Crippen LogP contribution is -2.35. The second-order valence-corrected chi connectivity index (χ2v) is 4.59. The minimum atomic E-state index is -4.45. The van der Waals surface area contributed by atoms with Crippen molar-refractivity contribution in [2.24, 2.45) is 0 Å². The summed E-state index contributed by atoms with van der Waals surface area (Å²) in [4.78, 5) is 3.96. The van der Waals surface area contributed by atoms with Crippen LogP contribution in [0.2, 0.25) is 0 Å². The lowest BCUT2D eigenvalue weighted by Gasteiger charge is -2.21. The van der Waals surface area contributed by atoms with E-state index in [-0.39, 0.29) is 24.0 Å². The number of hydrogen-bond donors (Lipinski definition) is 1. The summed E-state index contributed by atoms with van der Waals surface area (Å²) >= 11 is 0. The molecule has 2 heterocycles. The molecule has 1 aromatic heterocycles. The largest absolute Gasteiger partial charge is 0.451 e. The summed E-state index contributed by atoms with van der Waals surface area (Å²) in [6, 6.07) is 0.184. The fourth-order valence-corrected chi connectivity index (χ4v) is 2.26. The number of aromatic nitrogens is 1. The van der Waals surface area contributed by atoms with E-state index in [9.17, 15) is 13.2 Å². The number of alkyl halides is 3. The van der Waals surface area contributed by atoms with Crippen molar-refractivity contribution in [3.8, 4) is 0 Å². The van der Waals surface area contributed by atoms with Crippen LogP contribution < -0.4 is 5.32 Å². The zero-order valence-corrected chi connectivity index (χ0v) is 10.3. The van der Waals surface area contributed by atoms with Gasteiger partial charge in [0, 0.05) is 12.5 Å². The number of nitrogens with zero attached hydrogens (tertiary/aromatic N) is 1. The van der Waals surface area contributed by atoms with Crippen LogP contribution in [-0.4, -0.2) is 17.6 Å². The first-order valence-electron chi connectivity index (χ1n) is 6.30. The van der Waals surface area contributed by atoms with Crippen molar-refractivity contribution in [1.29, 1.82) is 0 Å². The van der Waals surface area contributed by atoms with Crippen molar-refractivity contribution in [2.45, 2.75) is 51.2 Å². The van der Waals surface area contributed by atoms with Crippen LogP contribution in [0.15, 0.2) is 4.42 Å². The number of nitrogens with one attached hydrogen (secondary N) is 1. The molecule has 1 atom stereocenters. The summed E-state index contributed by atoms with van der Waals surface area (Å²) in [6.07, 6.45) is -0.595. The first-order chi connectivity index (χ1) is 8.50. The van der Waals surface area contributed by atoms with Crippen LogP contribution in [-0.2, 0) is 19.0 Å². The van der Waals surface area contributed by atoms with E-state index >= 15 is 0 Å². The van der Waals surface area contributed by atoms with E-state index < -0.39 is 11.9 Å². The Balaban J connectivity index is 2.11. The van der Waals surface area contributed by atoms with E-state index in [1.807, 2.05) is 0 Å². The highest BCUT2D eigenvalue weighted by molar-refractivity contribution is 5.13. The van der Waals surface area contributed by atoms with E-state index in [0.717, 1.165) is 25.8 Å². The quantitative estimate of drug-likeness (QED) is 0.910. The summed E-state index contributed by atoms with van der Waals surface area (Å²) in [6.45, 7) is 2.56. The molecule has 1 aliphatic rings. The molecule has 6 heteroatoms. The number of hydrogen-bond acceptors (Lipinski definition) is 3. The van der Waals surface area contributed by atoms with Crippen molar-refractivity contribution in [1.82, 2.24) is 10.3 Å². The van der Waals surface area contributed by atoms with Gasteiger partial charge in [-0.2, -0.15) is 13.2 Å². The van der Waals surface area contributed by atoms with Gasteiger partial charge in [0.1, 0.15) is 0 Å².